The fraction of sp³-hybridized carbons (Fsp3) is 0.0233. The molecule has 0 unspecified atom stereocenters. The molecule has 6 heteroatoms. The molecular weight excluding hydrogens is 621 g/mol. The highest BCUT2D eigenvalue weighted by Crippen LogP contribution is 2.45. The van der Waals surface area contributed by atoms with Gasteiger partial charge in [-0.15, -0.1) is 0 Å². The molecule has 0 saturated carbocycles. The minimum Gasteiger partial charge on any atom is -0.311 e. The molecule has 7 aromatic carbocycles. The molecule has 0 aliphatic carbocycles. The van der Waals surface area contributed by atoms with Gasteiger partial charge in [0.1, 0.15) is 11.6 Å². The molecule has 0 fully saturated rings. The first-order valence-electron chi connectivity index (χ1n) is 16.7. The van der Waals surface area contributed by atoms with E-state index < -0.39 is 8.07 Å². The summed E-state index contributed by atoms with van der Waals surface area (Å²) in [7, 11) is -2.92. The van der Waals surface area contributed by atoms with Crippen molar-refractivity contribution in [1.82, 2.24) is 0 Å². The molecular formula is C43H29BF2N2Si. The number of aryl methyl sites for hydroxylation is 1. The Morgan fingerprint density at radius 3 is 1.31 bits per heavy atom. The molecule has 7 aromatic rings. The van der Waals surface area contributed by atoms with Crippen molar-refractivity contribution in [3.63, 3.8) is 0 Å². The normalized spacial score (nSPS) is 14.5. The summed E-state index contributed by atoms with van der Waals surface area (Å²) in [6.07, 6.45) is 0. The zero-order valence-electron chi connectivity index (χ0n) is 26.7. The quantitative estimate of drug-likeness (QED) is 0.214. The molecule has 232 valence electrons. The lowest BCUT2D eigenvalue weighted by molar-refractivity contribution is 0.627. The van der Waals surface area contributed by atoms with Crippen molar-refractivity contribution in [2.75, 3.05) is 9.80 Å². The Kier molecular flexibility index (Phi) is 6.00. The number of rotatable bonds is 4. The molecule has 0 radical (unpaired) electrons. The highest BCUT2D eigenvalue weighted by molar-refractivity contribution is 7.27. The zero-order valence-corrected chi connectivity index (χ0v) is 27.7. The first-order chi connectivity index (χ1) is 24.1. The van der Waals surface area contributed by atoms with Gasteiger partial charge in [0.05, 0.1) is 0 Å². The summed E-state index contributed by atoms with van der Waals surface area (Å²) in [6.45, 7) is 2.11. The van der Waals surface area contributed by atoms with Gasteiger partial charge in [-0.2, -0.15) is 0 Å². The van der Waals surface area contributed by atoms with E-state index in [0.717, 1.165) is 39.7 Å². The third-order valence-corrected chi connectivity index (χ3v) is 15.6. The van der Waals surface area contributed by atoms with Gasteiger partial charge in [0.25, 0.3) is 6.71 Å². The van der Waals surface area contributed by atoms with Crippen molar-refractivity contribution in [2.45, 2.75) is 6.92 Å². The van der Waals surface area contributed by atoms with Crippen LogP contribution in [0.3, 0.4) is 0 Å². The summed E-state index contributed by atoms with van der Waals surface area (Å²) >= 11 is 0. The van der Waals surface area contributed by atoms with Crippen molar-refractivity contribution in [2.24, 2.45) is 0 Å². The second-order valence-electron chi connectivity index (χ2n) is 13.2. The molecule has 0 spiro atoms. The predicted octanol–water partition coefficient (Wildman–Crippen LogP) is 6.05. The minimum absolute atomic E-state index is 0.0237. The topological polar surface area (TPSA) is 6.48 Å². The van der Waals surface area contributed by atoms with Gasteiger partial charge < -0.3 is 9.80 Å². The third kappa shape index (κ3) is 3.80. The van der Waals surface area contributed by atoms with Crippen molar-refractivity contribution >= 4 is 86.0 Å². The summed E-state index contributed by atoms with van der Waals surface area (Å²) in [6, 6.07) is 54.0. The number of nitrogens with zero attached hydrogens (tertiary/aromatic N) is 2. The molecule has 2 nitrogen and oxygen atoms in total. The van der Waals surface area contributed by atoms with E-state index in [-0.39, 0.29) is 18.3 Å². The summed E-state index contributed by atoms with van der Waals surface area (Å²) in [5.74, 6) is -0.527. The monoisotopic (exact) mass is 650 g/mol. The maximum Gasteiger partial charge on any atom is 0.251 e. The number of anilines is 6. The highest BCUT2D eigenvalue weighted by atomic mass is 28.3. The molecule has 3 aliphatic rings. The Hall–Kier alpha value is -5.72. The molecule has 0 N–H and O–H groups in total. The fourth-order valence-corrected chi connectivity index (χ4v) is 14.2. The van der Waals surface area contributed by atoms with Gasteiger partial charge in [-0.25, -0.2) is 8.78 Å². The number of halogens is 2. The van der Waals surface area contributed by atoms with Crippen LogP contribution in [0.2, 0.25) is 0 Å². The Morgan fingerprint density at radius 1 is 0.449 bits per heavy atom. The lowest BCUT2D eigenvalue weighted by atomic mass is 9.33. The molecule has 3 heterocycles. The zero-order chi connectivity index (χ0) is 32.9. The van der Waals surface area contributed by atoms with Gasteiger partial charge in [0.2, 0.25) is 0 Å². The van der Waals surface area contributed by atoms with Gasteiger partial charge in [-0.3, -0.25) is 0 Å². The lowest BCUT2D eigenvalue weighted by Gasteiger charge is -2.51. The maximum absolute atomic E-state index is 14.4. The van der Waals surface area contributed by atoms with E-state index in [9.17, 15) is 8.78 Å². The van der Waals surface area contributed by atoms with Gasteiger partial charge in [-0.1, -0.05) is 84.9 Å². The lowest BCUT2D eigenvalue weighted by Crippen LogP contribution is -2.88. The Balaban J connectivity index is 1.42. The van der Waals surface area contributed by atoms with Crippen molar-refractivity contribution in [3.05, 3.63) is 175 Å². The van der Waals surface area contributed by atoms with Crippen LogP contribution in [-0.2, 0) is 0 Å². The van der Waals surface area contributed by atoms with Crippen LogP contribution in [0.25, 0.3) is 0 Å². The second-order valence-corrected chi connectivity index (χ2v) is 17.0. The summed E-state index contributed by atoms with van der Waals surface area (Å²) in [5.41, 5.74) is 11.2. The van der Waals surface area contributed by atoms with E-state index in [4.69, 9.17) is 0 Å². The Labute approximate surface area is 285 Å². The third-order valence-electron chi connectivity index (χ3n) is 10.7. The predicted molar refractivity (Wildman–Crippen MR) is 202 cm³/mol. The smallest absolute Gasteiger partial charge is 0.251 e. The summed E-state index contributed by atoms with van der Waals surface area (Å²) < 4.78 is 28.9. The molecule has 0 saturated heterocycles. The van der Waals surface area contributed by atoms with Gasteiger partial charge >= 0.3 is 0 Å². The number of hydrogen-bond acceptors (Lipinski definition) is 2. The highest BCUT2D eigenvalue weighted by Gasteiger charge is 2.56. The van der Waals surface area contributed by atoms with Crippen LogP contribution in [-0.4, -0.2) is 14.8 Å². The average molecular weight is 651 g/mol. The molecule has 0 amide bonds. The van der Waals surface area contributed by atoms with Crippen LogP contribution in [0.15, 0.2) is 158 Å². The van der Waals surface area contributed by atoms with Crippen molar-refractivity contribution < 1.29 is 8.78 Å². The molecule has 0 aromatic heterocycles. The molecule has 0 atom stereocenters. The van der Waals surface area contributed by atoms with E-state index in [1.807, 2.05) is 24.3 Å². The Morgan fingerprint density at radius 2 is 0.878 bits per heavy atom. The molecule has 10 rings (SSSR count). The van der Waals surface area contributed by atoms with Crippen LogP contribution in [0.4, 0.5) is 42.9 Å². The Bertz CT molecular complexity index is 2270. The second kappa shape index (κ2) is 10.4. The van der Waals surface area contributed by atoms with E-state index in [2.05, 4.69) is 126 Å². The van der Waals surface area contributed by atoms with Gasteiger partial charge in [0, 0.05) is 34.1 Å². The van der Waals surface area contributed by atoms with Crippen LogP contribution >= 0.6 is 0 Å². The number of benzene rings is 7. The van der Waals surface area contributed by atoms with E-state index in [1.165, 1.54) is 37.1 Å². The standard InChI is InChI=1S/C43H29BF2N2Si/c1-28-26-37-41-38(27-28)48(32-24-20-30(46)21-25-32)36-15-9-17-40-43(36)44(41)42-35(47(37)31-22-18-29(45)19-23-31)14-8-16-39(42)49(40,33-10-4-2-5-11-33)34-12-6-3-7-13-34/h2-27H,1H3. The van der Waals surface area contributed by atoms with E-state index in [1.54, 1.807) is 24.3 Å². The first-order valence-corrected chi connectivity index (χ1v) is 18.7. The van der Waals surface area contributed by atoms with Gasteiger partial charge in [-0.05, 0) is 122 Å². The van der Waals surface area contributed by atoms with E-state index >= 15 is 0 Å². The molecule has 0 bridgehead atoms. The molecule has 3 aliphatic heterocycles. The number of hydrogen-bond donors (Lipinski definition) is 0. The van der Waals surface area contributed by atoms with Crippen molar-refractivity contribution in [3.8, 4) is 0 Å². The van der Waals surface area contributed by atoms with Crippen LogP contribution in [0, 0.1) is 18.6 Å². The van der Waals surface area contributed by atoms with Crippen LogP contribution in [0.1, 0.15) is 5.56 Å². The van der Waals surface area contributed by atoms with Crippen molar-refractivity contribution in [1.29, 1.82) is 0 Å². The molecule has 49 heavy (non-hydrogen) atoms. The maximum atomic E-state index is 14.4. The summed E-state index contributed by atoms with van der Waals surface area (Å²) in [4.78, 5) is 4.66. The largest absolute Gasteiger partial charge is 0.311 e. The fourth-order valence-electron chi connectivity index (χ4n) is 8.92. The van der Waals surface area contributed by atoms with Crippen LogP contribution < -0.4 is 46.9 Å². The SMILES string of the molecule is Cc1cc2c3c(c1)N(c1ccc(F)cc1)c1cccc4c1B3c1c(cccc1[Si]4(c1ccccc1)c1ccccc1)N2c1ccc(F)cc1. The average Bonchev–Trinajstić information content (AvgIpc) is 3.14. The first kappa shape index (κ1) is 28.3. The van der Waals surface area contributed by atoms with E-state index in [0.29, 0.717) is 0 Å². The minimum atomic E-state index is -2.92. The van der Waals surface area contributed by atoms with Gasteiger partial charge in [0.15, 0.2) is 8.07 Å². The van der Waals surface area contributed by atoms with Crippen LogP contribution in [0.5, 0.6) is 0 Å². The summed E-state index contributed by atoms with van der Waals surface area (Å²) in [5, 5.41) is 5.39.